The number of rotatable bonds is 0. The van der Waals surface area contributed by atoms with E-state index in [0.717, 1.165) is 12.8 Å². The van der Waals surface area contributed by atoms with E-state index in [2.05, 4.69) is 6.92 Å². The zero-order valence-corrected chi connectivity index (χ0v) is 5.81. The summed E-state index contributed by atoms with van der Waals surface area (Å²) in [6.07, 6.45) is 1.62. The highest BCUT2D eigenvalue weighted by molar-refractivity contribution is 4.79. The topological polar surface area (TPSA) is 26.0 Å². The molecule has 0 aromatic heterocycles. The van der Waals surface area contributed by atoms with E-state index in [1.165, 1.54) is 0 Å². The Hall–Kier alpha value is -0.110. The number of hydrogen-bond donors (Lipinski definition) is 1. The van der Waals surface area contributed by atoms with Crippen molar-refractivity contribution in [2.45, 2.75) is 38.4 Å². The molecule has 0 aliphatic heterocycles. The average Bonchev–Trinajstić information content (AvgIpc) is 1.80. The van der Waals surface area contributed by atoms with Gasteiger partial charge < -0.3 is 5.73 Å². The Labute approximate surface area is 55.4 Å². The highest BCUT2D eigenvalue weighted by Gasteiger charge is 2.23. The van der Waals surface area contributed by atoms with Gasteiger partial charge in [-0.2, -0.15) is 0 Å². The molecule has 1 fully saturated rings. The quantitative estimate of drug-likeness (QED) is 0.529. The van der Waals surface area contributed by atoms with Crippen LogP contribution in [0.5, 0.6) is 0 Å². The Bertz CT molecular complexity index is 94.9. The van der Waals surface area contributed by atoms with Gasteiger partial charge >= 0.3 is 0 Å². The van der Waals surface area contributed by atoms with Crippen LogP contribution in [0.15, 0.2) is 0 Å². The molecule has 1 rings (SSSR count). The fourth-order valence-electron chi connectivity index (χ4n) is 1.30. The van der Waals surface area contributed by atoms with Crippen molar-refractivity contribution in [3.63, 3.8) is 0 Å². The molecule has 9 heavy (non-hydrogen) atoms. The third kappa shape index (κ3) is 1.65. The largest absolute Gasteiger partial charge is 0.327 e. The van der Waals surface area contributed by atoms with Gasteiger partial charge in [0, 0.05) is 6.04 Å². The van der Waals surface area contributed by atoms with Gasteiger partial charge in [0.25, 0.3) is 0 Å². The van der Waals surface area contributed by atoms with Crippen LogP contribution in [0.1, 0.15) is 26.2 Å². The lowest BCUT2D eigenvalue weighted by Gasteiger charge is -2.27. The molecule has 0 aromatic carbocycles. The predicted octanol–water partition coefficient (Wildman–Crippen LogP) is 1.47. The molecule has 0 saturated heterocycles. The fourth-order valence-corrected chi connectivity index (χ4v) is 1.30. The lowest BCUT2D eigenvalue weighted by molar-refractivity contribution is 0.192. The van der Waals surface area contributed by atoms with Gasteiger partial charge in [-0.05, 0) is 25.2 Å². The van der Waals surface area contributed by atoms with Crippen LogP contribution in [0.25, 0.3) is 0 Å². The molecule has 2 unspecified atom stereocenters. The van der Waals surface area contributed by atoms with E-state index < -0.39 is 6.17 Å². The predicted molar refractivity (Wildman–Crippen MR) is 35.9 cm³/mol. The SMILES string of the molecule is CC1CC[C@@H](F)CC1N. The Morgan fingerprint density at radius 1 is 1.44 bits per heavy atom. The maximum atomic E-state index is 12.5. The van der Waals surface area contributed by atoms with Crippen LogP contribution in [0, 0.1) is 5.92 Å². The molecular weight excluding hydrogens is 117 g/mol. The molecule has 54 valence electrons. The van der Waals surface area contributed by atoms with E-state index >= 15 is 0 Å². The summed E-state index contributed by atoms with van der Waals surface area (Å²) in [5, 5.41) is 0. The first-order valence-electron chi connectivity index (χ1n) is 3.60. The molecule has 0 spiro atoms. The molecule has 0 aromatic rings. The van der Waals surface area contributed by atoms with Crippen LogP contribution in [0.2, 0.25) is 0 Å². The van der Waals surface area contributed by atoms with Crippen molar-refractivity contribution in [2.24, 2.45) is 11.7 Å². The summed E-state index contributed by atoms with van der Waals surface area (Å²) in [6, 6.07) is 0.105. The van der Waals surface area contributed by atoms with Crippen molar-refractivity contribution >= 4 is 0 Å². The molecule has 2 N–H and O–H groups in total. The van der Waals surface area contributed by atoms with Crippen molar-refractivity contribution in [1.82, 2.24) is 0 Å². The number of alkyl halides is 1. The van der Waals surface area contributed by atoms with Crippen molar-refractivity contribution in [2.75, 3.05) is 0 Å². The second kappa shape index (κ2) is 2.65. The summed E-state index contributed by atoms with van der Waals surface area (Å²) in [6.45, 7) is 2.09. The summed E-state index contributed by atoms with van der Waals surface area (Å²) >= 11 is 0. The standard InChI is InChI=1S/C7H14FN/c1-5-2-3-6(8)4-7(5)9/h5-7H,2-4,9H2,1H3/t5?,6-,7?/m1/s1. The highest BCUT2D eigenvalue weighted by Crippen LogP contribution is 2.24. The highest BCUT2D eigenvalue weighted by atomic mass is 19.1. The average molecular weight is 131 g/mol. The number of hydrogen-bond acceptors (Lipinski definition) is 1. The number of halogens is 1. The van der Waals surface area contributed by atoms with Crippen LogP contribution < -0.4 is 5.73 Å². The zero-order chi connectivity index (χ0) is 6.85. The molecule has 1 aliphatic rings. The lowest BCUT2D eigenvalue weighted by Crippen LogP contribution is -2.35. The molecule has 1 aliphatic carbocycles. The second-order valence-electron chi connectivity index (χ2n) is 3.05. The Morgan fingerprint density at radius 2 is 2.11 bits per heavy atom. The van der Waals surface area contributed by atoms with Crippen LogP contribution >= 0.6 is 0 Å². The molecule has 0 amide bonds. The molecular formula is C7H14FN. The molecule has 0 bridgehead atoms. The van der Waals surface area contributed by atoms with Crippen LogP contribution in [-0.2, 0) is 0 Å². The second-order valence-corrected chi connectivity index (χ2v) is 3.05. The molecule has 3 atom stereocenters. The normalized spacial score (nSPS) is 45.0. The Morgan fingerprint density at radius 3 is 2.56 bits per heavy atom. The van der Waals surface area contributed by atoms with E-state index in [0.29, 0.717) is 12.3 Å². The summed E-state index contributed by atoms with van der Waals surface area (Å²) in [5.41, 5.74) is 5.63. The third-order valence-electron chi connectivity index (χ3n) is 2.19. The van der Waals surface area contributed by atoms with Gasteiger partial charge in [0.05, 0.1) is 0 Å². The zero-order valence-electron chi connectivity index (χ0n) is 5.81. The maximum absolute atomic E-state index is 12.5. The lowest BCUT2D eigenvalue weighted by atomic mass is 9.85. The molecule has 1 saturated carbocycles. The van der Waals surface area contributed by atoms with Gasteiger partial charge in [0.2, 0.25) is 0 Å². The van der Waals surface area contributed by atoms with Gasteiger partial charge in [0.1, 0.15) is 6.17 Å². The monoisotopic (exact) mass is 131 g/mol. The minimum absolute atomic E-state index is 0.105. The summed E-state index contributed by atoms with van der Waals surface area (Å²) in [4.78, 5) is 0. The van der Waals surface area contributed by atoms with Gasteiger partial charge in [-0.15, -0.1) is 0 Å². The van der Waals surface area contributed by atoms with E-state index in [1.807, 2.05) is 0 Å². The van der Waals surface area contributed by atoms with Gasteiger partial charge in [-0.3, -0.25) is 0 Å². The third-order valence-corrected chi connectivity index (χ3v) is 2.19. The smallest absolute Gasteiger partial charge is 0.102 e. The molecule has 0 radical (unpaired) electrons. The first-order valence-corrected chi connectivity index (χ1v) is 3.60. The first-order chi connectivity index (χ1) is 4.20. The molecule has 2 heteroatoms. The van der Waals surface area contributed by atoms with Crippen molar-refractivity contribution in [3.05, 3.63) is 0 Å². The Balaban J connectivity index is 2.35. The van der Waals surface area contributed by atoms with Crippen molar-refractivity contribution in [1.29, 1.82) is 0 Å². The number of nitrogens with two attached hydrogens (primary N) is 1. The van der Waals surface area contributed by atoms with Gasteiger partial charge in [0.15, 0.2) is 0 Å². The first kappa shape index (κ1) is 7.00. The molecule has 0 heterocycles. The van der Waals surface area contributed by atoms with E-state index in [1.54, 1.807) is 0 Å². The maximum Gasteiger partial charge on any atom is 0.102 e. The summed E-state index contributed by atoms with van der Waals surface area (Å²) in [7, 11) is 0. The minimum Gasteiger partial charge on any atom is -0.327 e. The van der Waals surface area contributed by atoms with Gasteiger partial charge in [-0.1, -0.05) is 6.92 Å². The minimum atomic E-state index is -0.629. The van der Waals surface area contributed by atoms with Crippen molar-refractivity contribution in [3.8, 4) is 0 Å². The molecule has 1 nitrogen and oxygen atoms in total. The van der Waals surface area contributed by atoms with E-state index in [-0.39, 0.29) is 6.04 Å². The van der Waals surface area contributed by atoms with Gasteiger partial charge in [-0.25, -0.2) is 4.39 Å². The van der Waals surface area contributed by atoms with E-state index in [9.17, 15) is 4.39 Å². The van der Waals surface area contributed by atoms with Crippen LogP contribution in [0.3, 0.4) is 0 Å². The van der Waals surface area contributed by atoms with Crippen LogP contribution in [-0.4, -0.2) is 12.2 Å². The fraction of sp³-hybridized carbons (Fsp3) is 1.00. The summed E-state index contributed by atoms with van der Waals surface area (Å²) in [5.74, 6) is 0.525. The van der Waals surface area contributed by atoms with Crippen LogP contribution in [0.4, 0.5) is 4.39 Å². The summed E-state index contributed by atoms with van der Waals surface area (Å²) < 4.78 is 12.5. The van der Waals surface area contributed by atoms with Crippen molar-refractivity contribution < 1.29 is 4.39 Å². The van der Waals surface area contributed by atoms with E-state index in [4.69, 9.17) is 5.73 Å². The Kier molecular flexibility index (Phi) is 2.06.